The van der Waals surface area contributed by atoms with E-state index in [1.165, 1.54) is 12.6 Å². The molecule has 0 radical (unpaired) electrons. The van der Waals surface area contributed by atoms with Gasteiger partial charge in [-0.25, -0.2) is 14.8 Å². The number of ether oxygens (including phenoxy) is 1. The van der Waals surface area contributed by atoms with Gasteiger partial charge in [-0.05, 0) is 50.1 Å². The summed E-state index contributed by atoms with van der Waals surface area (Å²) in [4.78, 5) is 36.5. The van der Waals surface area contributed by atoms with Crippen LogP contribution in [0.1, 0.15) is 42.7 Å². The molecule has 1 aliphatic rings. The third kappa shape index (κ3) is 5.18. The highest BCUT2D eigenvalue weighted by Gasteiger charge is 2.24. The van der Waals surface area contributed by atoms with Crippen LogP contribution in [-0.2, 0) is 18.2 Å². The Balaban J connectivity index is 1.33. The van der Waals surface area contributed by atoms with Crippen LogP contribution in [0.5, 0.6) is 0 Å². The molecule has 6 rings (SSSR count). The molecule has 0 aliphatic carbocycles. The van der Waals surface area contributed by atoms with E-state index in [2.05, 4.69) is 28.4 Å². The summed E-state index contributed by atoms with van der Waals surface area (Å²) in [5, 5.41) is 9.74. The van der Waals surface area contributed by atoms with Crippen LogP contribution in [0.25, 0.3) is 33.1 Å². The molecule has 210 valence electrons. The first kappa shape index (κ1) is 26.6. The third-order valence-corrected chi connectivity index (χ3v) is 7.49. The van der Waals surface area contributed by atoms with E-state index in [4.69, 9.17) is 14.1 Å². The van der Waals surface area contributed by atoms with Crippen LogP contribution < -0.4 is 15.8 Å². The van der Waals surface area contributed by atoms with Gasteiger partial charge in [0.1, 0.15) is 11.1 Å². The van der Waals surface area contributed by atoms with Crippen molar-refractivity contribution in [2.75, 3.05) is 36.5 Å². The number of hydrogen-bond acceptors (Lipinski definition) is 9. The second-order valence-corrected chi connectivity index (χ2v) is 10.3. The number of anilines is 3. The number of hydrogen-bond donors (Lipinski definition) is 1. The van der Waals surface area contributed by atoms with Gasteiger partial charge in [-0.15, -0.1) is 0 Å². The number of aromatic nitrogens is 4. The smallest absolute Gasteiger partial charge is 0.349 e. The number of ketones is 1. The Hall–Kier alpha value is -4.57. The average Bonchev–Trinajstić information content (AvgIpc) is 3.29. The molecule has 0 saturated carbocycles. The van der Waals surface area contributed by atoms with Gasteiger partial charge >= 0.3 is 5.63 Å². The second kappa shape index (κ2) is 11.1. The van der Waals surface area contributed by atoms with Crippen molar-refractivity contribution in [1.29, 1.82) is 0 Å². The maximum Gasteiger partial charge on any atom is 0.349 e. The summed E-state index contributed by atoms with van der Waals surface area (Å²) in [6, 6.07) is 13.5. The number of morpholine rings is 1. The lowest BCUT2D eigenvalue weighted by Crippen LogP contribution is -2.38. The number of unbranched alkanes of at least 4 members (excludes halogenated alkanes) is 1. The number of benzene rings is 2. The first-order chi connectivity index (χ1) is 19.9. The molecule has 10 heteroatoms. The monoisotopic (exact) mass is 552 g/mol. The van der Waals surface area contributed by atoms with E-state index in [0.717, 1.165) is 41.4 Å². The van der Waals surface area contributed by atoms with Crippen molar-refractivity contribution in [2.45, 2.75) is 33.1 Å². The lowest BCUT2D eigenvalue weighted by molar-refractivity contribution is 0.101. The van der Waals surface area contributed by atoms with E-state index in [9.17, 15) is 9.59 Å². The van der Waals surface area contributed by atoms with Gasteiger partial charge in [0.2, 0.25) is 5.95 Å². The number of aryl methyl sites for hydroxylation is 2. The molecule has 41 heavy (non-hydrogen) atoms. The maximum atomic E-state index is 12.9. The summed E-state index contributed by atoms with van der Waals surface area (Å²) in [5.41, 5.74) is 5.00. The van der Waals surface area contributed by atoms with Crippen LogP contribution >= 0.6 is 0 Å². The van der Waals surface area contributed by atoms with Crippen LogP contribution in [0.3, 0.4) is 0 Å². The number of carbonyl (C=O) groups is 1. The Labute approximate surface area is 237 Å². The molecule has 0 unspecified atom stereocenters. The highest BCUT2D eigenvalue weighted by atomic mass is 16.5. The van der Waals surface area contributed by atoms with Gasteiger partial charge < -0.3 is 19.4 Å². The Morgan fingerprint density at radius 1 is 1.07 bits per heavy atom. The zero-order valence-corrected chi connectivity index (χ0v) is 23.4. The van der Waals surface area contributed by atoms with E-state index in [1.54, 1.807) is 12.3 Å². The minimum Gasteiger partial charge on any atom is -0.422 e. The Morgan fingerprint density at radius 2 is 1.90 bits per heavy atom. The molecule has 3 aromatic heterocycles. The van der Waals surface area contributed by atoms with Crippen LogP contribution in [0.4, 0.5) is 17.3 Å². The molecule has 1 N–H and O–H groups in total. The minimum absolute atomic E-state index is 0.0691. The van der Waals surface area contributed by atoms with E-state index in [1.807, 2.05) is 47.0 Å². The van der Waals surface area contributed by atoms with Crippen LogP contribution in [0.15, 0.2) is 57.9 Å². The molecule has 0 bridgehead atoms. The number of nitrogens with zero attached hydrogens (tertiary/aromatic N) is 5. The molecular weight excluding hydrogens is 520 g/mol. The molecule has 1 saturated heterocycles. The van der Waals surface area contributed by atoms with Gasteiger partial charge in [0.15, 0.2) is 5.78 Å². The zero-order chi connectivity index (χ0) is 28.5. The van der Waals surface area contributed by atoms with Crippen molar-refractivity contribution in [3.05, 3.63) is 70.3 Å². The van der Waals surface area contributed by atoms with Crippen molar-refractivity contribution in [3.8, 4) is 11.3 Å². The van der Waals surface area contributed by atoms with Crippen molar-refractivity contribution in [2.24, 2.45) is 7.05 Å². The van der Waals surface area contributed by atoms with Crippen molar-refractivity contribution in [1.82, 2.24) is 19.7 Å². The summed E-state index contributed by atoms with van der Waals surface area (Å²) >= 11 is 0. The lowest BCUT2D eigenvalue weighted by Gasteiger charge is -2.30. The quantitative estimate of drug-likeness (QED) is 0.203. The molecule has 10 nitrogen and oxygen atoms in total. The molecule has 0 spiro atoms. The number of Topliss-reactive ketones (excluding diaryl/α,β-unsaturated/α-hetero) is 1. The maximum absolute atomic E-state index is 12.9. The Kier molecular flexibility index (Phi) is 7.23. The minimum atomic E-state index is -0.647. The van der Waals surface area contributed by atoms with E-state index in [-0.39, 0.29) is 11.3 Å². The Bertz CT molecular complexity index is 1820. The molecule has 0 amide bonds. The number of carbonyl (C=O) groups excluding carboxylic acids is 1. The summed E-state index contributed by atoms with van der Waals surface area (Å²) in [7, 11) is 1.99. The first-order valence-corrected chi connectivity index (χ1v) is 13.9. The second-order valence-electron chi connectivity index (χ2n) is 10.3. The fourth-order valence-corrected chi connectivity index (χ4v) is 5.45. The zero-order valence-electron chi connectivity index (χ0n) is 23.4. The summed E-state index contributed by atoms with van der Waals surface area (Å²) in [5.74, 6) is 0.0898. The third-order valence-electron chi connectivity index (χ3n) is 7.49. The van der Waals surface area contributed by atoms with Crippen molar-refractivity contribution < 1.29 is 13.9 Å². The summed E-state index contributed by atoms with van der Waals surface area (Å²) in [6.45, 7) is 5.81. The standard InChI is InChI=1S/C31H32N6O4/c1-4-5-6-26-23-17-20(7-10-25(23)35-36(26)3)24-11-12-32-31(34-24)33-21-8-9-22-27(18-21)41-30(39)28(19(2)38)29(22)37-13-15-40-16-14-37/h7-12,17-18H,4-6,13-16H2,1-3H3,(H,32,33,34). The number of rotatable bonds is 8. The van der Waals surface area contributed by atoms with Crippen molar-refractivity contribution in [3.63, 3.8) is 0 Å². The van der Waals surface area contributed by atoms with E-state index < -0.39 is 5.63 Å². The fraction of sp³-hybridized carbons (Fsp3) is 0.323. The van der Waals surface area contributed by atoms with Gasteiger partial charge in [0.25, 0.3) is 0 Å². The molecular formula is C31H32N6O4. The van der Waals surface area contributed by atoms with Gasteiger partial charge in [0, 0.05) is 60.1 Å². The number of nitrogens with one attached hydrogen (secondary N) is 1. The lowest BCUT2D eigenvalue weighted by atomic mass is 10.1. The highest BCUT2D eigenvalue weighted by molar-refractivity contribution is 6.07. The normalized spacial score (nSPS) is 13.7. The fourth-order valence-electron chi connectivity index (χ4n) is 5.45. The first-order valence-electron chi connectivity index (χ1n) is 13.9. The van der Waals surface area contributed by atoms with Gasteiger partial charge in [-0.3, -0.25) is 9.48 Å². The predicted molar refractivity (Wildman–Crippen MR) is 159 cm³/mol. The molecule has 5 aromatic rings. The SMILES string of the molecule is CCCCc1c2cc(-c3ccnc(Nc4ccc5c(N6CCOCC6)c(C(C)=O)c(=O)oc5c4)n3)ccc2nn1C. The molecule has 0 atom stereocenters. The number of fused-ring (bicyclic) bond motifs is 2. The van der Waals surface area contributed by atoms with Gasteiger partial charge in [0.05, 0.1) is 30.1 Å². The predicted octanol–water partition coefficient (Wildman–Crippen LogP) is 5.26. The molecule has 1 fully saturated rings. The molecule has 2 aromatic carbocycles. The van der Waals surface area contributed by atoms with E-state index in [0.29, 0.717) is 54.6 Å². The Morgan fingerprint density at radius 3 is 2.68 bits per heavy atom. The van der Waals surface area contributed by atoms with Crippen molar-refractivity contribution >= 4 is 45.0 Å². The average molecular weight is 553 g/mol. The molecule has 4 heterocycles. The van der Waals surface area contributed by atoms with E-state index >= 15 is 0 Å². The molecule has 1 aliphatic heterocycles. The topological polar surface area (TPSA) is 115 Å². The largest absolute Gasteiger partial charge is 0.422 e. The van der Waals surface area contributed by atoms with Crippen LogP contribution in [0.2, 0.25) is 0 Å². The summed E-state index contributed by atoms with van der Waals surface area (Å²) in [6.07, 6.45) is 4.92. The summed E-state index contributed by atoms with van der Waals surface area (Å²) < 4.78 is 13.1. The van der Waals surface area contributed by atoms with Gasteiger partial charge in [-0.2, -0.15) is 5.10 Å². The van der Waals surface area contributed by atoms with Gasteiger partial charge in [-0.1, -0.05) is 19.4 Å². The highest BCUT2D eigenvalue weighted by Crippen LogP contribution is 2.32. The van der Waals surface area contributed by atoms with Crippen LogP contribution in [-0.4, -0.2) is 51.8 Å². The van der Waals surface area contributed by atoms with Crippen LogP contribution in [0, 0.1) is 0 Å².